The molecule has 0 saturated carbocycles. The van der Waals surface area contributed by atoms with Crippen molar-refractivity contribution in [2.45, 2.75) is 26.3 Å². The second-order valence-electron chi connectivity index (χ2n) is 4.24. The molecule has 0 unspecified atom stereocenters. The van der Waals surface area contributed by atoms with E-state index < -0.39 is 0 Å². The second kappa shape index (κ2) is 6.58. The predicted octanol–water partition coefficient (Wildman–Crippen LogP) is 0.882. The zero-order chi connectivity index (χ0) is 11.1. The van der Waals surface area contributed by atoms with E-state index in [-0.39, 0.29) is 0 Å². The van der Waals surface area contributed by atoms with Gasteiger partial charge in [-0.3, -0.25) is 5.10 Å². The summed E-state index contributed by atoms with van der Waals surface area (Å²) in [4.78, 5) is 2.33. The van der Waals surface area contributed by atoms with Crippen LogP contribution >= 0.6 is 0 Å². The molecule has 0 aliphatic carbocycles. The molecule has 4 heteroatoms. The number of hydrogen-bond donors (Lipinski definition) is 2. The van der Waals surface area contributed by atoms with Crippen molar-refractivity contribution in [2.75, 3.05) is 26.7 Å². The van der Waals surface area contributed by atoms with Crippen LogP contribution in [0.25, 0.3) is 0 Å². The van der Waals surface area contributed by atoms with Crippen molar-refractivity contribution >= 4 is 0 Å². The van der Waals surface area contributed by atoms with E-state index in [0.717, 1.165) is 26.1 Å². The third-order valence-corrected chi connectivity index (χ3v) is 2.37. The fourth-order valence-electron chi connectivity index (χ4n) is 1.39. The Kier molecular flexibility index (Phi) is 5.36. The number of aromatic nitrogens is 2. The molecule has 0 fully saturated rings. The van der Waals surface area contributed by atoms with E-state index in [2.05, 4.69) is 41.3 Å². The van der Waals surface area contributed by atoms with Crippen molar-refractivity contribution in [2.24, 2.45) is 0 Å². The van der Waals surface area contributed by atoms with Gasteiger partial charge in [0.25, 0.3) is 0 Å². The van der Waals surface area contributed by atoms with Crippen LogP contribution in [0.3, 0.4) is 0 Å². The topological polar surface area (TPSA) is 44.0 Å². The molecule has 0 saturated heterocycles. The molecule has 0 spiro atoms. The molecule has 1 heterocycles. The Hall–Kier alpha value is -0.870. The number of likely N-dealkylation sites (N-methyl/N-ethyl adjacent to an activating group) is 1. The third-order valence-electron chi connectivity index (χ3n) is 2.37. The lowest BCUT2D eigenvalue weighted by Gasteiger charge is -2.17. The van der Waals surface area contributed by atoms with Crippen LogP contribution in [-0.4, -0.2) is 47.8 Å². The Morgan fingerprint density at radius 1 is 1.47 bits per heavy atom. The lowest BCUT2D eigenvalue weighted by atomic mass is 10.3. The number of aromatic amines is 1. The third kappa shape index (κ3) is 5.54. The van der Waals surface area contributed by atoms with Crippen LogP contribution in [0.4, 0.5) is 0 Å². The number of nitrogens with zero attached hydrogens (tertiary/aromatic N) is 2. The number of H-pyrrole nitrogens is 1. The molecule has 1 aromatic heterocycles. The minimum Gasteiger partial charge on any atom is -0.313 e. The first-order valence-corrected chi connectivity index (χ1v) is 5.58. The fourth-order valence-corrected chi connectivity index (χ4v) is 1.39. The molecular weight excluding hydrogens is 188 g/mol. The fraction of sp³-hybridized carbons (Fsp3) is 0.727. The first kappa shape index (κ1) is 12.2. The lowest BCUT2D eigenvalue weighted by Crippen LogP contribution is -2.33. The molecule has 0 aliphatic heterocycles. The molecule has 86 valence electrons. The Bertz CT molecular complexity index is 243. The van der Waals surface area contributed by atoms with Crippen molar-refractivity contribution in [1.29, 1.82) is 0 Å². The Balaban J connectivity index is 2.06. The van der Waals surface area contributed by atoms with Gasteiger partial charge in [0.15, 0.2) is 0 Å². The van der Waals surface area contributed by atoms with E-state index in [9.17, 15) is 0 Å². The molecule has 4 nitrogen and oxygen atoms in total. The van der Waals surface area contributed by atoms with E-state index in [1.807, 2.05) is 6.07 Å². The van der Waals surface area contributed by atoms with Crippen molar-refractivity contribution < 1.29 is 0 Å². The van der Waals surface area contributed by atoms with Crippen molar-refractivity contribution in [3.8, 4) is 0 Å². The van der Waals surface area contributed by atoms with Crippen LogP contribution in [0.1, 0.15) is 19.5 Å². The summed E-state index contributed by atoms with van der Waals surface area (Å²) in [6.45, 7) is 7.56. The SMILES string of the molecule is CC(C)NCCN(C)CCc1ccn[nH]1. The maximum atomic E-state index is 3.93. The van der Waals surface area contributed by atoms with Gasteiger partial charge in [-0.05, 0) is 13.1 Å². The monoisotopic (exact) mass is 210 g/mol. The van der Waals surface area contributed by atoms with E-state index in [1.165, 1.54) is 5.69 Å². The Morgan fingerprint density at radius 3 is 2.87 bits per heavy atom. The Morgan fingerprint density at radius 2 is 2.27 bits per heavy atom. The van der Waals surface area contributed by atoms with Gasteiger partial charge in [-0.1, -0.05) is 13.8 Å². The zero-order valence-electron chi connectivity index (χ0n) is 9.95. The summed E-state index contributed by atoms with van der Waals surface area (Å²) in [5, 5.41) is 10.3. The molecule has 2 N–H and O–H groups in total. The first-order valence-electron chi connectivity index (χ1n) is 5.58. The van der Waals surface area contributed by atoms with Gasteiger partial charge in [0.05, 0.1) is 0 Å². The summed E-state index contributed by atoms with van der Waals surface area (Å²) < 4.78 is 0. The molecule has 0 radical (unpaired) electrons. The number of hydrogen-bond acceptors (Lipinski definition) is 3. The molecule has 0 aromatic carbocycles. The van der Waals surface area contributed by atoms with Crippen molar-refractivity contribution in [3.63, 3.8) is 0 Å². The summed E-state index contributed by atoms with van der Waals surface area (Å²) in [6, 6.07) is 2.60. The van der Waals surface area contributed by atoms with Crippen molar-refractivity contribution in [1.82, 2.24) is 20.4 Å². The quantitative estimate of drug-likeness (QED) is 0.702. The minimum atomic E-state index is 0.575. The molecule has 0 atom stereocenters. The highest BCUT2D eigenvalue weighted by Gasteiger charge is 2.00. The van der Waals surface area contributed by atoms with E-state index in [1.54, 1.807) is 6.20 Å². The smallest absolute Gasteiger partial charge is 0.0490 e. The molecule has 0 aliphatic rings. The van der Waals surface area contributed by atoms with Gasteiger partial charge in [-0.15, -0.1) is 0 Å². The maximum absolute atomic E-state index is 3.93. The van der Waals surface area contributed by atoms with E-state index >= 15 is 0 Å². The van der Waals surface area contributed by atoms with Gasteiger partial charge >= 0.3 is 0 Å². The van der Waals surface area contributed by atoms with Gasteiger partial charge in [0.2, 0.25) is 0 Å². The van der Waals surface area contributed by atoms with Crippen LogP contribution < -0.4 is 5.32 Å². The summed E-state index contributed by atoms with van der Waals surface area (Å²) in [7, 11) is 2.15. The van der Waals surface area contributed by atoms with E-state index in [4.69, 9.17) is 0 Å². The average molecular weight is 210 g/mol. The lowest BCUT2D eigenvalue weighted by molar-refractivity contribution is 0.330. The average Bonchev–Trinajstić information content (AvgIpc) is 2.66. The Labute approximate surface area is 92.1 Å². The second-order valence-corrected chi connectivity index (χ2v) is 4.24. The van der Waals surface area contributed by atoms with E-state index in [0.29, 0.717) is 6.04 Å². The molecular formula is C11H22N4. The predicted molar refractivity (Wildman–Crippen MR) is 62.9 cm³/mol. The highest BCUT2D eigenvalue weighted by molar-refractivity contribution is 4.97. The van der Waals surface area contributed by atoms with Crippen LogP contribution in [0.5, 0.6) is 0 Å². The minimum absolute atomic E-state index is 0.575. The standard InChI is InChI=1S/C11H22N4/c1-10(2)12-7-9-15(3)8-5-11-4-6-13-14-11/h4,6,10,12H,5,7-9H2,1-3H3,(H,13,14). The molecule has 0 bridgehead atoms. The van der Waals surface area contributed by atoms with Gasteiger partial charge in [0.1, 0.15) is 0 Å². The van der Waals surface area contributed by atoms with Crippen molar-refractivity contribution in [3.05, 3.63) is 18.0 Å². The number of nitrogens with one attached hydrogen (secondary N) is 2. The van der Waals surface area contributed by atoms with Gasteiger partial charge in [-0.2, -0.15) is 5.10 Å². The van der Waals surface area contributed by atoms with Gasteiger partial charge < -0.3 is 10.2 Å². The highest BCUT2D eigenvalue weighted by Crippen LogP contribution is 1.94. The normalized spacial score (nSPS) is 11.5. The maximum Gasteiger partial charge on any atom is 0.0490 e. The van der Waals surface area contributed by atoms with Crippen LogP contribution in [0.15, 0.2) is 12.3 Å². The molecule has 15 heavy (non-hydrogen) atoms. The first-order chi connectivity index (χ1) is 7.18. The summed E-state index contributed by atoms with van der Waals surface area (Å²) in [5.74, 6) is 0. The zero-order valence-corrected chi connectivity index (χ0v) is 9.95. The van der Waals surface area contributed by atoms with Gasteiger partial charge in [0, 0.05) is 44.0 Å². The summed E-state index contributed by atoms with van der Waals surface area (Å²) >= 11 is 0. The molecule has 1 rings (SSSR count). The van der Waals surface area contributed by atoms with Crippen LogP contribution in [-0.2, 0) is 6.42 Å². The molecule has 0 amide bonds. The highest BCUT2D eigenvalue weighted by atomic mass is 15.1. The molecule has 1 aromatic rings. The van der Waals surface area contributed by atoms with Crippen LogP contribution in [0.2, 0.25) is 0 Å². The number of rotatable bonds is 7. The summed E-state index contributed by atoms with van der Waals surface area (Å²) in [6.07, 6.45) is 2.84. The summed E-state index contributed by atoms with van der Waals surface area (Å²) in [5.41, 5.74) is 1.21. The largest absolute Gasteiger partial charge is 0.313 e. The van der Waals surface area contributed by atoms with Crippen LogP contribution in [0, 0.1) is 0 Å². The van der Waals surface area contributed by atoms with Gasteiger partial charge in [-0.25, -0.2) is 0 Å².